The van der Waals surface area contributed by atoms with E-state index < -0.39 is 0 Å². The molecule has 3 nitrogen and oxygen atoms in total. The number of benzene rings is 1. The third kappa shape index (κ3) is 2.73. The lowest BCUT2D eigenvalue weighted by molar-refractivity contribution is -0.124. The molecule has 0 aliphatic carbocycles. The number of amides is 1. The van der Waals surface area contributed by atoms with Gasteiger partial charge < -0.3 is 10.3 Å². The Balaban J connectivity index is 1.93. The number of aromatic nitrogens is 1. The van der Waals surface area contributed by atoms with Gasteiger partial charge in [0.1, 0.15) is 0 Å². The summed E-state index contributed by atoms with van der Waals surface area (Å²) in [5, 5.41) is 4.23. The molecule has 3 heteroatoms. The van der Waals surface area contributed by atoms with E-state index in [4.69, 9.17) is 0 Å². The van der Waals surface area contributed by atoms with Crippen LogP contribution in [0.15, 0.2) is 30.5 Å². The summed E-state index contributed by atoms with van der Waals surface area (Å²) in [5.41, 5.74) is 2.41. The van der Waals surface area contributed by atoms with E-state index in [-0.39, 0.29) is 11.8 Å². The molecule has 2 rings (SSSR count). The Morgan fingerprint density at radius 2 is 2.17 bits per heavy atom. The monoisotopic (exact) mass is 244 g/mol. The van der Waals surface area contributed by atoms with Gasteiger partial charge in [0.15, 0.2) is 0 Å². The first-order valence-corrected chi connectivity index (χ1v) is 6.55. The maximum absolute atomic E-state index is 11.6. The molecule has 0 bridgehead atoms. The van der Waals surface area contributed by atoms with Crippen LogP contribution in [0.1, 0.15) is 25.8 Å². The van der Waals surface area contributed by atoms with Gasteiger partial charge in [-0.15, -0.1) is 0 Å². The van der Waals surface area contributed by atoms with Crippen LogP contribution in [0.5, 0.6) is 0 Å². The van der Waals surface area contributed by atoms with Crippen LogP contribution in [0, 0.1) is 5.92 Å². The lowest BCUT2D eigenvalue weighted by atomic mass is 10.1. The van der Waals surface area contributed by atoms with E-state index >= 15 is 0 Å². The van der Waals surface area contributed by atoms with Gasteiger partial charge in [-0.05, 0) is 24.5 Å². The van der Waals surface area contributed by atoms with Crippen molar-refractivity contribution in [2.45, 2.75) is 26.7 Å². The fourth-order valence-electron chi connectivity index (χ4n) is 2.02. The normalized spacial score (nSPS) is 12.6. The molecular weight excluding hydrogens is 224 g/mol. The lowest BCUT2D eigenvalue weighted by Gasteiger charge is -2.09. The topological polar surface area (TPSA) is 44.9 Å². The Morgan fingerprint density at radius 1 is 1.39 bits per heavy atom. The van der Waals surface area contributed by atoms with E-state index in [1.807, 2.05) is 32.2 Å². The molecule has 96 valence electrons. The van der Waals surface area contributed by atoms with E-state index in [0.717, 1.165) is 18.4 Å². The first-order chi connectivity index (χ1) is 8.72. The summed E-state index contributed by atoms with van der Waals surface area (Å²) < 4.78 is 0. The number of aromatic amines is 1. The molecule has 0 saturated carbocycles. The van der Waals surface area contributed by atoms with Crippen LogP contribution in [0.25, 0.3) is 10.9 Å². The standard InChI is InChI=1S/C15H20N2O/c1-3-11(2)15(18)16-9-8-12-10-17-14-7-5-4-6-13(12)14/h4-7,10-11,17H,3,8-9H2,1-2H3,(H,16,18)/t11-/m1/s1. The van der Waals surface area contributed by atoms with Gasteiger partial charge in [-0.2, -0.15) is 0 Å². The zero-order valence-corrected chi connectivity index (χ0v) is 11.0. The van der Waals surface area contributed by atoms with E-state index in [2.05, 4.69) is 22.4 Å². The van der Waals surface area contributed by atoms with Crippen molar-refractivity contribution in [2.24, 2.45) is 5.92 Å². The summed E-state index contributed by atoms with van der Waals surface area (Å²) in [5.74, 6) is 0.255. The Bertz CT molecular complexity index is 530. The molecule has 1 atom stereocenters. The van der Waals surface area contributed by atoms with E-state index in [9.17, 15) is 4.79 Å². The number of hydrogen-bond acceptors (Lipinski definition) is 1. The number of carbonyl (C=O) groups is 1. The predicted octanol–water partition coefficient (Wildman–Crippen LogP) is 2.87. The first-order valence-electron chi connectivity index (χ1n) is 6.55. The minimum atomic E-state index is 0.105. The molecule has 0 fully saturated rings. The minimum Gasteiger partial charge on any atom is -0.361 e. The molecule has 18 heavy (non-hydrogen) atoms. The summed E-state index contributed by atoms with van der Waals surface area (Å²) in [7, 11) is 0. The van der Waals surface area contributed by atoms with Crippen molar-refractivity contribution in [1.29, 1.82) is 0 Å². The summed E-state index contributed by atoms with van der Waals surface area (Å²) in [6.45, 7) is 4.69. The average Bonchev–Trinajstić information content (AvgIpc) is 2.81. The van der Waals surface area contributed by atoms with E-state index in [1.54, 1.807) is 0 Å². The van der Waals surface area contributed by atoms with Crippen molar-refractivity contribution in [2.75, 3.05) is 6.54 Å². The highest BCUT2D eigenvalue weighted by Crippen LogP contribution is 2.17. The molecule has 2 aromatic rings. The molecule has 0 radical (unpaired) electrons. The van der Waals surface area contributed by atoms with Crippen LogP contribution >= 0.6 is 0 Å². The van der Waals surface area contributed by atoms with Gasteiger partial charge in [-0.1, -0.05) is 32.0 Å². The van der Waals surface area contributed by atoms with Crippen LogP contribution in [-0.4, -0.2) is 17.4 Å². The highest BCUT2D eigenvalue weighted by Gasteiger charge is 2.09. The maximum Gasteiger partial charge on any atom is 0.222 e. The molecule has 0 aliphatic heterocycles. The Labute approximate surface area is 108 Å². The molecule has 0 unspecified atom stereocenters. The summed E-state index contributed by atoms with van der Waals surface area (Å²) in [6.07, 6.45) is 3.78. The van der Waals surface area contributed by atoms with Crippen molar-refractivity contribution in [1.82, 2.24) is 10.3 Å². The predicted molar refractivity (Wildman–Crippen MR) is 74.5 cm³/mol. The molecule has 0 aliphatic rings. The average molecular weight is 244 g/mol. The number of carbonyl (C=O) groups excluding carboxylic acids is 1. The first kappa shape index (κ1) is 12.7. The second kappa shape index (κ2) is 5.71. The summed E-state index contributed by atoms with van der Waals surface area (Å²) in [6, 6.07) is 8.24. The minimum absolute atomic E-state index is 0.105. The molecule has 1 amide bonds. The smallest absolute Gasteiger partial charge is 0.222 e. The molecule has 1 heterocycles. The van der Waals surface area contributed by atoms with Crippen molar-refractivity contribution in [3.8, 4) is 0 Å². The van der Waals surface area contributed by atoms with Crippen molar-refractivity contribution < 1.29 is 4.79 Å². The van der Waals surface area contributed by atoms with Crippen molar-refractivity contribution >= 4 is 16.8 Å². The van der Waals surface area contributed by atoms with Gasteiger partial charge >= 0.3 is 0 Å². The molecule has 0 spiro atoms. The van der Waals surface area contributed by atoms with Gasteiger partial charge in [0.25, 0.3) is 0 Å². The fourth-order valence-corrected chi connectivity index (χ4v) is 2.02. The molecule has 1 aromatic heterocycles. The van der Waals surface area contributed by atoms with Crippen LogP contribution < -0.4 is 5.32 Å². The Morgan fingerprint density at radius 3 is 2.94 bits per heavy atom. The quantitative estimate of drug-likeness (QED) is 0.834. The number of rotatable bonds is 5. The zero-order valence-electron chi connectivity index (χ0n) is 11.0. The van der Waals surface area contributed by atoms with E-state index in [1.165, 1.54) is 10.9 Å². The van der Waals surface area contributed by atoms with Gasteiger partial charge in [-0.25, -0.2) is 0 Å². The second-order valence-electron chi connectivity index (χ2n) is 4.71. The maximum atomic E-state index is 11.6. The third-order valence-electron chi connectivity index (χ3n) is 3.43. The van der Waals surface area contributed by atoms with Crippen LogP contribution in [-0.2, 0) is 11.2 Å². The molecular formula is C15H20N2O. The Hall–Kier alpha value is -1.77. The number of H-pyrrole nitrogens is 1. The third-order valence-corrected chi connectivity index (χ3v) is 3.43. The van der Waals surface area contributed by atoms with Crippen LogP contribution in [0.2, 0.25) is 0 Å². The largest absolute Gasteiger partial charge is 0.361 e. The van der Waals surface area contributed by atoms with Gasteiger partial charge in [0.2, 0.25) is 5.91 Å². The Kier molecular flexibility index (Phi) is 4.03. The summed E-state index contributed by atoms with van der Waals surface area (Å²) >= 11 is 0. The van der Waals surface area contributed by atoms with Crippen LogP contribution in [0.3, 0.4) is 0 Å². The SMILES string of the molecule is CC[C@@H](C)C(=O)NCCc1c[nH]c2ccccc12. The molecule has 2 N–H and O–H groups in total. The van der Waals surface area contributed by atoms with Gasteiger partial charge in [0, 0.05) is 29.6 Å². The number of hydrogen-bond donors (Lipinski definition) is 2. The van der Waals surface area contributed by atoms with Gasteiger partial charge in [0.05, 0.1) is 0 Å². The summed E-state index contributed by atoms with van der Waals surface area (Å²) in [4.78, 5) is 14.9. The number of fused-ring (bicyclic) bond motifs is 1. The highest BCUT2D eigenvalue weighted by molar-refractivity contribution is 5.83. The van der Waals surface area contributed by atoms with Crippen molar-refractivity contribution in [3.63, 3.8) is 0 Å². The van der Waals surface area contributed by atoms with E-state index in [0.29, 0.717) is 6.54 Å². The second-order valence-corrected chi connectivity index (χ2v) is 4.71. The number of para-hydroxylation sites is 1. The number of nitrogens with one attached hydrogen (secondary N) is 2. The van der Waals surface area contributed by atoms with Gasteiger partial charge in [-0.3, -0.25) is 4.79 Å². The zero-order chi connectivity index (χ0) is 13.0. The fraction of sp³-hybridized carbons (Fsp3) is 0.400. The van der Waals surface area contributed by atoms with Crippen LogP contribution in [0.4, 0.5) is 0 Å². The lowest BCUT2D eigenvalue weighted by Crippen LogP contribution is -2.30. The molecule has 0 saturated heterocycles. The van der Waals surface area contributed by atoms with Crippen molar-refractivity contribution in [3.05, 3.63) is 36.0 Å². The molecule has 1 aromatic carbocycles. The highest BCUT2D eigenvalue weighted by atomic mass is 16.1.